The number of hydrogen-bond acceptors (Lipinski definition) is 9. The van der Waals surface area contributed by atoms with E-state index >= 15 is 0 Å². The van der Waals surface area contributed by atoms with Crippen LogP contribution in [-0.4, -0.2) is 55.2 Å². The van der Waals surface area contributed by atoms with Gasteiger partial charge in [0.1, 0.15) is 23.4 Å². The van der Waals surface area contributed by atoms with Crippen LogP contribution in [0.1, 0.15) is 56.9 Å². The largest absolute Gasteiger partial charge is 0.453 e. The molecule has 41 heavy (non-hydrogen) atoms. The lowest BCUT2D eigenvalue weighted by molar-refractivity contribution is -0.118. The summed E-state index contributed by atoms with van der Waals surface area (Å²) >= 11 is 0. The van der Waals surface area contributed by atoms with Crippen LogP contribution in [0.5, 0.6) is 11.5 Å². The molecule has 2 aliphatic heterocycles. The predicted molar refractivity (Wildman–Crippen MR) is 146 cm³/mol. The molecule has 0 spiro atoms. The highest BCUT2D eigenvalue weighted by molar-refractivity contribution is 5.93. The van der Waals surface area contributed by atoms with Gasteiger partial charge in [0.2, 0.25) is 0 Å². The third kappa shape index (κ3) is 6.70. The number of rotatable bonds is 9. The molecule has 9 nitrogen and oxygen atoms in total. The zero-order chi connectivity index (χ0) is 28.9. The summed E-state index contributed by atoms with van der Waals surface area (Å²) in [5.74, 6) is -1.09. The van der Waals surface area contributed by atoms with E-state index in [1.165, 1.54) is 55.5 Å². The zero-order valence-electron chi connectivity index (χ0n) is 22.7. The summed E-state index contributed by atoms with van der Waals surface area (Å²) in [6, 6.07) is 19.2. The number of fused-ring (bicyclic) bond motifs is 1. The first kappa shape index (κ1) is 28.2. The van der Waals surface area contributed by atoms with Gasteiger partial charge in [-0.2, -0.15) is 0 Å². The minimum Gasteiger partial charge on any atom is -0.453 e. The van der Waals surface area contributed by atoms with Crippen molar-refractivity contribution in [2.75, 3.05) is 13.2 Å². The van der Waals surface area contributed by atoms with Crippen molar-refractivity contribution in [3.63, 3.8) is 0 Å². The second-order valence-corrected chi connectivity index (χ2v) is 10.1. The van der Waals surface area contributed by atoms with E-state index in [1.807, 2.05) is 19.1 Å². The molecule has 0 bridgehead atoms. The molecule has 3 aromatic rings. The molecule has 4 atom stereocenters. The first-order valence-electron chi connectivity index (χ1n) is 13.5. The number of carbonyl (C=O) groups is 4. The minimum atomic E-state index is -0.610. The van der Waals surface area contributed by atoms with E-state index in [-0.39, 0.29) is 41.3 Å². The summed E-state index contributed by atoms with van der Waals surface area (Å²) in [6.07, 6.45) is 0.0176. The Kier molecular flexibility index (Phi) is 8.56. The maximum Gasteiger partial charge on any atom is 0.343 e. The average molecular weight is 559 g/mol. The zero-order valence-corrected chi connectivity index (χ0v) is 22.7. The molecule has 5 rings (SSSR count). The van der Waals surface area contributed by atoms with E-state index in [2.05, 4.69) is 0 Å². The van der Waals surface area contributed by atoms with Gasteiger partial charge in [0.15, 0.2) is 6.10 Å². The fourth-order valence-electron chi connectivity index (χ4n) is 4.92. The van der Waals surface area contributed by atoms with Crippen LogP contribution in [0.2, 0.25) is 0 Å². The SMILES string of the molecule is CCc1ccc(C(=O)Oc2ccc(C(=O)Oc3ccc(C(=O)OC4COC5C(CC(C)=O)COC45)cc3)cc2)cc1. The van der Waals surface area contributed by atoms with E-state index in [0.717, 1.165) is 12.0 Å². The predicted octanol–water partition coefficient (Wildman–Crippen LogP) is 4.61. The van der Waals surface area contributed by atoms with E-state index < -0.39 is 30.1 Å². The van der Waals surface area contributed by atoms with Crippen LogP contribution < -0.4 is 9.47 Å². The summed E-state index contributed by atoms with van der Waals surface area (Å²) < 4.78 is 27.9. The van der Waals surface area contributed by atoms with Crippen LogP contribution in [0.15, 0.2) is 72.8 Å². The molecule has 0 aliphatic carbocycles. The lowest BCUT2D eigenvalue weighted by atomic mass is 9.96. The number of benzene rings is 3. The molecule has 3 aromatic carbocycles. The molecule has 2 fully saturated rings. The Labute approximate surface area is 237 Å². The third-order valence-corrected chi connectivity index (χ3v) is 7.12. The minimum absolute atomic E-state index is 0.0372. The van der Waals surface area contributed by atoms with Crippen LogP contribution in [0.4, 0.5) is 0 Å². The van der Waals surface area contributed by atoms with Crippen LogP contribution >= 0.6 is 0 Å². The topological polar surface area (TPSA) is 114 Å². The molecular formula is C32H30O9. The van der Waals surface area contributed by atoms with Gasteiger partial charge in [0.05, 0.1) is 36.0 Å². The molecule has 212 valence electrons. The molecule has 0 saturated carbocycles. The van der Waals surface area contributed by atoms with Gasteiger partial charge in [-0.15, -0.1) is 0 Å². The van der Waals surface area contributed by atoms with Gasteiger partial charge in [-0.25, -0.2) is 14.4 Å². The molecule has 2 heterocycles. The molecule has 0 N–H and O–H groups in total. The van der Waals surface area contributed by atoms with Crippen molar-refractivity contribution < 1.29 is 42.9 Å². The van der Waals surface area contributed by atoms with Crippen molar-refractivity contribution in [3.05, 3.63) is 95.1 Å². The van der Waals surface area contributed by atoms with E-state index in [9.17, 15) is 19.2 Å². The van der Waals surface area contributed by atoms with E-state index in [1.54, 1.807) is 12.1 Å². The normalized spacial score (nSPS) is 21.1. The summed E-state index contributed by atoms with van der Waals surface area (Å²) in [4.78, 5) is 49.2. The molecule has 4 unspecified atom stereocenters. The number of ether oxygens (including phenoxy) is 5. The van der Waals surface area contributed by atoms with Gasteiger partial charge in [-0.3, -0.25) is 0 Å². The highest BCUT2D eigenvalue weighted by Crippen LogP contribution is 2.35. The number of carbonyl (C=O) groups excluding carboxylic acids is 4. The number of aryl methyl sites for hydroxylation is 1. The van der Waals surface area contributed by atoms with Gasteiger partial charge in [-0.05, 0) is 79.6 Å². The van der Waals surface area contributed by atoms with Crippen molar-refractivity contribution in [1.29, 1.82) is 0 Å². The van der Waals surface area contributed by atoms with Crippen molar-refractivity contribution in [1.82, 2.24) is 0 Å². The molecule has 9 heteroatoms. The van der Waals surface area contributed by atoms with Gasteiger partial charge in [0.25, 0.3) is 0 Å². The Morgan fingerprint density at radius 2 is 1.17 bits per heavy atom. The molecule has 0 aromatic heterocycles. The maximum atomic E-state index is 12.7. The highest BCUT2D eigenvalue weighted by atomic mass is 16.6. The maximum absolute atomic E-state index is 12.7. The highest BCUT2D eigenvalue weighted by Gasteiger charge is 2.49. The smallest absolute Gasteiger partial charge is 0.343 e. The Balaban J connectivity index is 1.12. The lowest BCUT2D eigenvalue weighted by Crippen LogP contribution is -2.33. The standard InChI is InChI=1S/C32H30O9/c1-3-20-4-6-21(7-5-20)30(34)39-25-12-8-22(9-13-25)31(35)40-26-14-10-23(11-15-26)32(36)41-27-18-38-28-24(16-19(2)33)17-37-29(27)28/h4-15,24,27-29H,3,16-18H2,1-2H3. The van der Waals surface area contributed by atoms with Crippen molar-refractivity contribution in [2.45, 2.75) is 45.0 Å². The van der Waals surface area contributed by atoms with Crippen molar-refractivity contribution >= 4 is 23.7 Å². The van der Waals surface area contributed by atoms with Crippen LogP contribution in [0.3, 0.4) is 0 Å². The lowest BCUT2D eigenvalue weighted by Gasteiger charge is -2.17. The van der Waals surface area contributed by atoms with Gasteiger partial charge >= 0.3 is 17.9 Å². The monoisotopic (exact) mass is 558 g/mol. The number of ketones is 1. The average Bonchev–Trinajstić information content (AvgIpc) is 3.56. The number of esters is 3. The molecule has 2 aliphatic rings. The molecule has 0 radical (unpaired) electrons. The Morgan fingerprint density at radius 1 is 0.683 bits per heavy atom. The summed E-state index contributed by atoms with van der Waals surface area (Å²) in [5, 5.41) is 0. The van der Waals surface area contributed by atoms with Gasteiger partial charge < -0.3 is 28.5 Å². The number of Topliss-reactive ketones (excluding diaryl/α,β-unsaturated/α-hetero) is 1. The second-order valence-electron chi connectivity index (χ2n) is 10.1. The fraction of sp³-hybridized carbons (Fsp3) is 0.312. The summed E-state index contributed by atoms with van der Waals surface area (Å²) in [5.41, 5.74) is 2.10. The third-order valence-electron chi connectivity index (χ3n) is 7.12. The quantitative estimate of drug-likeness (QED) is 0.274. The molecular weight excluding hydrogens is 528 g/mol. The Bertz CT molecular complexity index is 1410. The number of hydrogen-bond donors (Lipinski definition) is 0. The van der Waals surface area contributed by atoms with Gasteiger partial charge in [0, 0.05) is 12.3 Å². The van der Waals surface area contributed by atoms with Crippen molar-refractivity contribution in [2.24, 2.45) is 5.92 Å². The van der Waals surface area contributed by atoms with E-state index in [0.29, 0.717) is 24.3 Å². The summed E-state index contributed by atoms with van der Waals surface area (Å²) in [7, 11) is 0. The molecule has 2 saturated heterocycles. The Morgan fingerprint density at radius 3 is 1.68 bits per heavy atom. The Hall–Kier alpha value is -4.34. The van der Waals surface area contributed by atoms with E-state index in [4.69, 9.17) is 23.7 Å². The van der Waals surface area contributed by atoms with Crippen LogP contribution in [0.25, 0.3) is 0 Å². The first-order chi connectivity index (χ1) is 19.8. The van der Waals surface area contributed by atoms with Crippen molar-refractivity contribution in [3.8, 4) is 11.5 Å². The summed E-state index contributed by atoms with van der Waals surface area (Å²) in [6.45, 7) is 4.16. The van der Waals surface area contributed by atoms with Crippen LogP contribution in [0, 0.1) is 5.92 Å². The fourth-order valence-corrected chi connectivity index (χ4v) is 4.92. The van der Waals surface area contributed by atoms with Gasteiger partial charge in [-0.1, -0.05) is 19.1 Å². The second kappa shape index (κ2) is 12.4. The first-order valence-corrected chi connectivity index (χ1v) is 13.5. The molecule has 0 amide bonds. The van der Waals surface area contributed by atoms with Crippen LogP contribution in [-0.2, 0) is 25.4 Å².